The lowest BCUT2D eigenvalue weighted by Crippen LogP contribution is -2.53. The minimum Gasteiger partial charge on any atom is -0.447 e. The Morgan fingerprint density at radius 2 is 1.94 bits per heavy atom. The number of anilines is 1. The summed E-state index contributed by atoms with van der Waals surface area (Å²) in [4.78, 5) is 44.0. The van der Waals surface area contributed by atoms with Crippen LogP contribution >= 0.6 is 0 Å². The molecule has 0 aliphatic carbocycles. The van der Waals surface area contributed by atoms with Gasteiger partial charge in [-0.25, -0.2) is 4.98 Å². The second-order valence-electron chi connectivity index (χ2n) is 8.41. The van der Waals surface area contributed by atoms with E-state index in [2.05, 4.69) is 10.3 Å². The number of nitrogens with zero attached hydrogens (tertiary/aromatic N) is 2. The van der Waals surface area contributed by atoms with E-state index >= 15 is 0 Å². The molecule has 0 spiro atoms. The summed E-state index contributed by atoms with van der Waals surface area (Å²) in [6.45, 7) is 2.03. The minimum absolute atomic E-state index is 0.225. The number of esters is 1. The standard InChI is InChI=1S/C26H28N4O4/c1-17(31)34-23(19-7-3-2-4-8-19)26(33)30-14-6-5-9-22(30)25(32)29-16-18-10-11-21-20(15-18)12-13-28-24(21)27/h2-4,7-8,10-13,15,22-23H,5-6,9,14,16H2,1H3,(H2,27,28)(H,29,32)/t22-,23-/m0/s1. The van der Waals surface area contributed by atoms with E-state index in [1.54, 1.807) is 35.4 Å². The van der Waals surface area contributed by atoms with Crippen LogP contribution in [0, 0.1) is 0 Å². The number of benzene rings is 2. The second kappa shape index (κ2) is 10.3. The van der Waals surface area contributed by atoms with E-state index in [0.717, 1.165) is 29.2 Å². The average Bonchev–Trinajstić information content (AvgIpc) is 2.86. The Bertz CT molecular complexity index is 1200. The van der Waals surface area contributed by atoms with Crippen molar-refractivity contribution in [2.24, 2.45) is 0 Å². The Morgan fingerprint density at radius 1 is 1.15 bits per heavy atom. The summed E-state index contributed by atoms with van der Waals surface area (Å²) < 4.78 is 5.38. The van der Waals surface area contributed by atoms with Gasteiger partial charge in [0.1, 0.15) is 11.9 Å². The third-order valence-corrected chi connectivity index (χ3v) is 6.03. The first-order valence-corrected chi connectivity index (χ1v) is 11.4. The van der Waals surface area contributed by atoms with Crippen LogP contribution in [-0.4, -0.2) is 40.3 Å². The van der Waals surface area contributed by atoms with Crippen molar-refractivity contribution in [2.75, 3.05) is 12.3 Å². The fourth-order valence-corrected chi connectivity index (χ4v) is 4.34. The number of likely N-dealkylation sites (tertiary alicyclic amines) is 1. The fourth-order valence-electron chi connectivity index (χ4n) is 4.34. The van der Waals surface area contributed by atoms with Crippen LogP contribution in [-0.2, 0) is 25.7 Å². The highest BCUT2D eigenvalue weighted by atomic mass is 16.5. The number of nitrogens with two attached hydrogens (primary N) is 1. The number of hydrogen-bond acceptors (Lipinski definition) is 6. The molecule has 0 saturated carbocycles. The summed E-state index contributed by atoms with van der Waals surface area (Å²) in [5.74, 6) is -0.690. The number of fused-ring (bicyclic) bond motifs is 1. The van der Waals surface area contributed by atoms with Gasteiger partial charge in [-0.05, 0) is 42.3 Å². The van der Waals surface area contributed by atoms with E-state index in [9.17, 15) is 14.4 Å². The molecule has 3 N–H and O–H groups in total. The van der Waals surface area contributed by atoms with Crippen molar-refractivity contribution in [1.29, 1.82) is 0 Å². The maximum atomic E-state index is 13.5. The summed E-state index contributed by atoms with van der Waals surface area (Å²) in [6.07, 6.45) is 2.76. The van der Waals surface area contributed by atoms with E-state index in [1.807, 2.05) is 30.3 Å². The van der Waals surface area contributed by atoms with Gasteiger partial charge in [-0.2, -0.15) is 0 Å². The lowest BCUT2D eigenvalue weighted by atomic mass is 9.98. The molecule has 1 aliphatic heterocycles. The van der Waals surface area contributed by atoms with E-state index in [-0.39, 0.29) is 11.8 Å². The third-order valence-electron chi connectivity index (χ3n) is 6.03. The molecule has 34 heavy (non-hydrogen) atoms. The molecular weight excluding hydrogens is 432 g/mol. The van der Waals surface area contributed by atoms with E-state index < -0.39 is 18.1 Å². The van der Waals surface area contributed by atoms with E-state index in [0.29, 0.717) is 30.9 Å². The number of piperidine rings is 1. The topological polar surface area (TPSA) is 115 Å². The summed E-state index contributed by atoms with van der Waals surface area (Å²) in [5.41, 5.74) is 7.42. The molecule has 8 heteroatoms. The molecule has 0 radical (unpaired) electrons. The number of amides is 2. The number of pyridine rings is 1. The number of aromatic nitrogens is 1. The monoisotopic (exact) mass is 460 g/mol. The van der Waals surface area contributed by atoms with Crippen LogP contribution in [0.1, 0.15) is 43.4 Å². The van der Waals surface area contributed by atoms with E-state index in [1.165, 1.54) is 6.92 Å². The fraction of sp³-hybridized carbons (Fsp3) is 0.308. The summed E-state index contributed by atoms with van der Waals surface area (Å²) in [6, 6.07) is 15.9. The molecule has 2 atom stereocenters. The van der Waals surface area contributed by atoms with Crippen molar-refractivity contribution in [3.8, 4) is 0 Å². The summed E-state index contributed by atoms with van der Waals surface area (Å²) in [7, 11) is 0. The highest BCUT2D eigenvalue weighted by Crippen LogP contribution is 2.26. The molecule has 0 unspecified atom stereocenters. The Kier molecular flexibility index (Phi) is 7.06. The average molecular weight is 461 g/mol. The first-order valence-electron chi connectivity index (χ1n) is 11.4. The smallest absolute Gasteiger partial charge is 0.303 e. The zero-order valence-electron chi connectivity index (χ0n) is 19.1. The number of nitrogen functional groups attached to an aromatic ring is 1. The van der Waals surface area contributed by atoms with Gasteiger partial charge in [0.2, 0.25) is 12.0 Å². The van der Waals surface area contributed by atoms with Crippen molar-refractivity contribution in [1.82, 2.24) is 15.2 Å². The van der Waals surface area contributed by atoms with Crippen LogP contribution in [0.2, 0.25) is 0 Å². The molecule has 3 aromatic rings. The molecule has 1 aromatic heterocycles. The number of nitrogens with one attached hydrogen (secondary N) is 1. The van der Waals surface area contributed by atoms with Crippen molar-refractivity contribution in [2.45, 2.75) is 44.9 Å². The van der Waals surface area contributed by atoms with Crippen molar-refractivity contribution in [3.05, 3.63) is 71.9 Å². The van der Waals surface area contributed by atoms with Crippen molar-refractivity contribution >= 4 is 34.4 Å². The van der Waals surface area contributed by atoms with Gasteiger partial charge >= 0.3 is 5.97 Å². The van der Waals surface area contributed by atoms with Gasteiger partial charge in [0.15, 0.2) is 0 Å². The minimum atomic E-state index is -1.08. The second-order valence-corrected chi connectivity index (χ2v) is 8.41. The Hall–Kier alpha value is -3.94. The molecular formula is C26H28N4O4. The van der Waals surface area contributed by atoms with E-state index in [4.69, 9.17) is 10.5 Å². The van der Waals surface area contributed by atoms with Gasteiger partial charge in [-0.3, -0.25) is 14.4 Å². The van der Waals surface area contributed by atoms with Crippen molar-refractivity contribution in [3.63, 3.8) is 0 Å². The number of carbonyl (C=O) groups excluding carboxylic acids is 3. The summed E-state index contributed by atoms with van der Waals surface area (Å²) >= 11 is 0. The zero-order valence-corrected chi connectivity index (χ0v) is 19.1. The van der Waals surface area contributed by atoms with Gasteiger partial charge in [0.25, 0.3) is 5.91 Å². The Labute approximate surface area is 198 Å². The number of rotatable bonds is 6. The quantitative estimate of drug-likeness (QED) is 0.546. The van der Waals surface area contributed by atoms with Crippen LogP contribution in [0.3, 0.4) is 0 Å². The van der Waals surface area contributed by atoms with Crippen LogP contribution in [0.5, 0.6) is 0 Å². The van der Waals surface area contributed by atoms with Crippen LogP contribution in [0.25, 0.3) is 10.8 Å². The van der Waals surface area contributed by atoms with Crippen LogP contribution in [0.4, 0.5) is 5.82 Å². The first-order chi connectivity index (χ1) is 16.4. The molecule has 2 aromatic carbocycles. The summed E-state index contributed by atoms with van der Waals surface area (Å²) in [5, 5.41) is 4.77. The van der Waals surface area contributed by atoms with Gasteiger partial charge in [-0.15, -0.1) is 0 Å². The molecule has 1 saturated heterocycles. The lowest BCUT2D eigenvalue weighted by Gasteiger charge is -2.36. The molecule has 1 aliphatic rings. The molecule has 176 valence electrons. The molecule has 2 heterocycles. The molecule has 1 fully saturated rings. The van der Waals surface area contributed by atoms with Gasteiger partial charge in [0.05, 0.1) is 0 Å². The predicted molar refractivity (Wildman–Crippen MR) is 128 cm³/mol. The predicted octanol–water partition coefficient (Wildman–Crippen LogP) is 3.12. The van der Waals surface area contributed by atoms with Gasteiger partial charge in [0, 0.05) is 37.2 Å². The van der Waals surface area contributed by atoms with Gasteiger partial charge in [-0.1, -0.05) is 42.5 Å². The maximum Gasteiger partial charge on any atom is 0.303 e. The largest absolute Gasteiger partial charge is 0.447 e. The third kappa shape index (κ3) is 5.17. The zero-order chi connectivity index (χ0) is 24.1. The lowest BCUT2D eigenvalue weighted by molar-refractivity contribution is -0.162. The normalized spacial score (nSPS) is 16.6. The highest BCUT2D eigenvalue weighted by molar-refractivity contribution is 5.92. The molecule has 4 rings (SSSR count). The Balaban J connectivity index is 1.49. The number of ether oxygens (including phenoxy) is 1. The Morgan fingerprint density at radius 3 is 2.71 bits per heavy atom. The SMILES string of the molecule is CC(=O)O[C@H](C(=O)N1CCCC[C@H]1C(=O)NCc1ccc2c(N)nccc2c1)c1ccccc1. The highest BCUT2D eigenvalue weighted by Gasteiger charge is 2.37. The molecule has 2 amide bonds. The first kappa shape index (κ1) is 23.2. The van der Waals surface area contributed by atoms with Gasteiger partial charge < -0.3 is 20.7 Å². The van der Waals surface area contributed by atoms with Crippen LogP contribution < -0.4 is 11.1 Å². The molecule has 8 nitrogen and oxygen atoms in total. The van der Waals surface area contributed by atoms with Crippen LogP contribution in [0.15, 0.2) is 60.8 Å². The maximum absolute atomic E-state index is 13.5. The number of carbonyl (C=O) groups is 3. The molecule has 0 bridgehead atoms. The number of hydrogen-bond donors (Lipinski definition) is 2. The van der Waals surface area contributed by atoms with Crippen molar-refractivity contribution < 1.29 is 19.1 Å².